The molecule has 0 saturated carbocycles. The highest BCUT2D eigenvalue weighted by Gasteiger charge is 2.29. The monoisotopic (exact) mass is 547 g/mol. The highest BCUT2D eigenvalue weighted by molar-refractivity contribution is 5.93. The second kappa shape index (κ2) is 12.7. The minimum absolute atomic E-state index is 0.0560. The first-order valence-corrected chi connectivity index (χ1v) is 14.8. The Morgan fingerprint density at radius 2 is 1.46 bits per heavy atom. The number of hydrogen-bond acceptors (Lipinski definition) is 3. The third-order valence-electron chi connectivity index (χ3n) is 7.99. The van der Waals surface area contributed by atoms with Crippen molar-refractivity contribution < 1.29 is 14.6 Å². The molecule has 2 N–H and O–H groups in total. The van der Waals surface area contributed by atoms with Crippen LogP contribution in [0.3, 0.4) is 0 Å². The van der Waals surface area contributed by atoms with Crippen LogP contribution in [0.2, 0.25) is 0 Å². The quantitative estimate of drug-likeness (QED) is 0.195. The van der Waals surface area contributed by atoms with E-state index in [1.54, 1.807) is 0 Å². The number of fused-ring (bicyclic) bond motifs is 2. The molecule has 4 aromatic carbocycles. The Morgan fingerprint density at radius 1 is 0.829 bits per heavy atom. The van der Waals surface area contributed by atoms with E-state index in [9.17, 15) is 9.90 Å². The van der Waals surface area contributed by atoms with Gasteiger partial charge in [0.1, 0.15) is 11.5 Å². The molecule has 1 heterocycles. The summed E-state index contributed by atoms with van der Waals surface area (Å²) in [5, 5.41) is 14.3. The number of hydrogen-bond donors (Lipinski definition) is 2. The van der Waals surface area contributed by atoms with E-state index in [1.807, 2.05) is 66.7 Å². The maximum absolute atomic E-state index is 13.6. The SMILES string of the molecule is CC(C)(C)c1ccc(C(O)CCCCCc2ccccc2)cc1NC(=O)CC1c2ccccc2Oc2ccccc21. The molecule has 212 valence electrons. The van der Waals surface area contributed by atoms with Gasteiger partial charge in [0, 0.05) is 29.2 Å². The molecule has 0 saturated heterocycles. The molecule has 1 aliphatic heterocycles. The van der Waals surface area contributed by atoms with Gasteiger partial charge in [-0.05, 0) is 59.6 Å². The van der Waals surface area contributed by atoms with Crippen LogP contribution >= 0.6 is 0 Å². The molecule has 1 atom stereocenters. The van der Waals surface area contributed by atoms with Gasteiger partial charge in [0.2, 0.25) is 5.91 Å². The van der Waals surface area contributed by atoms with Gasteiger partial charge in [0.05, 0.1) is 6.10 Å². The molecular formula is C37H41NO3. The van der Waals surface area contributed by atoms with Crippen LogP contribution in [0.15, 0.2) is 97.1 Å². The Bertz CT molecular complexity index is 1430. The van der Waals surface area contributed by atoms with Crippen LogP contribution in [-0.4, -0.2) is 11.0 Å². The zero-order valence-corrected chi connectivity index (χ0v) is 24.4. The fourth-order valence-corrected chi connectivity index (χ4v) is 5.80. The van der Waals surface area contributed by atoms with Crippen molar-refractivity contribution in [1.29, 1.82) is 0 Å². The largest absolute Gasteiger partial charge is 0.457 e. The van der Waals surface area contributed by atoms with Gasteiger partial charge in [-0.25, -0.2) is 0 Å². The number of benzene rings is 4. The molecule has 1 aliphatic rings. The van der Waals surface area contributed by atoms with Gasteiger partial charge < -0.3 is 15.2 Å². The van der Waals surface area contributed by atoms with Crippen LogP contribution in [0.5, 0.6) is 11.5 Å². The Hall–Kier alpha value is -3.89. The summed E-state index contributed by atoms with van der Waals surface area (Å²) in [6, 6.07) is 32.5. The third-order valence-corrected chi connectivity index (χ3v) is 7.99. The summed E-state index contributed by atoms with van der Waals surface area (Å²) in [6.45, 7) is 6.43. The minimum Gasteiger partial charge on any atom is -0.457 e. The van der Waals surface area contributed by atoms with Crippen molar-refractivity contribution in [3.63, 3.8) is 0 Å². The van der Waals surface area contributed by atoms with Gasteiger partial charge in [-0.1, -0.05) is 112 Å². The number of rotatable bonds is 10. The predicted molar refractivity (Wildman–Crippen MR) is 167 cm³/mol. The van der Waals surface area contributed by atoms with Crippen LogP contribution in [0, 0.1) is 0 Å². The fraction of sp³-hybridized carbons (Fsp3) is 0.324. The Labute approximate surface area is 244 Å². The number of nitrogens with one attached hydrogen (secondary N) is 1. The van der Waals surface area contributed by atoms with Crippen molar-refractivity contribution in [2.24, 2.45) is 0 Å². The average Bonchev–Trinajstić information content (AvgIpc) is 2.96. The second-order valence-electron chi connectivity index (χ2n) is 12.1. The molecule has 1 unspecified atom stereocenters. The number of amides is 1. The maximum atomic E-state index is 13.6. The summed E-state index contributed by atoms with van der Waals surface area (Å²) in [6.07, 6.45) is 4.64. The van der Waals surface area contributed by atoms with Crippen molar-refractivity contribution >= 4 is 11.6 Å². The standard InChI is InChI=1S/C37H41NO3/c1-37(2,3)31-23-22-27(33(39)19-9-5-8-16-26-14-6-4-7-15-26)24-32(31)38-36(40)25-30-28-17-10-12-20-34(28)41-35-21-13-11-18-29(30)35/h4,6-7,10-15,17-18,20-24,30,33,39H,5,8-9,16,19,25H2,1-3H3,(H,38,40). The molecule has 1 amide bonds. The molecule has 0 aliphatic carbocycles. The van der Waals surface area contributed by atoms with Crippen LogP contribution < -0.4 is 10.1 Å². The Morgan fingerprint density at radius 3 is 2.12 bits per heavy atom. The first-order chi connectivity index (χ1) is 19.8. The molecule has 0 spiro atoms. The van der Waals surface area contributed by atoms with E-state index >= 15 is 0 Å². The van der Waals surface area contributed by atoms with E-state index in [2.05, 4.69) is 56.4 Å². The van der Waals surface area contributed by atoms with E-state index in [-0.39, 0.29) is 17.2 Å². The lowest BCUT2D eigenvalue weighted by atomic mass is 9.83. The first-order valence-electron chi connectivity index (χ1n) is 14.8. The third kappa shape index (κ3) is 7.07. The molecule has 41 heavy (non-hydrogen) atoms. The lowest BCUT2D eigenvalue weighted by molar-refractivity contribution is -0.116. The summed E-state index contributed by atoms with van der Waals surface area (Å²) in [7, 11) is 0. The normalized spacial score (nSPS) is 13.6. The molecular weight excluding hydrogens is 506 g/mol. The van der Waals surface area contributed by atoms with Gasteiger partial charge >= 0.3 is 0 Å². The van der Waals surface area contributed by atoms with Crippen molar-refractivity contribution in [2.45, 2.75) is 76.7 Å². The Kier molecular flexibility index (Phi) is 8.90. The van der Waals surface area contributed by atoms with E-state index in [0.717, 1.165) is 65.1 Å². The molecule has 4 heteroatoms. The number of unbranched alkanes of at least 4 members (excludes halogenated alkanes) is 2. The summed E-state index contributed by atoms with van der Waals surface area (Å²) in [5.41, 5.74) is 5.91. The summed E-state index contributed by atoms with van der Waals surface area (Å²) < 4.78 is 6.12. The highest BCUT2D eigenvalue weighted by atomic mass is 16.5. The van der Waals surface area contributed by atoms with Crippen LogP contribution in [-0.2, 0) is 16.6 Å². The van der Waals surface area contributed by atoms with Crippen molar-refractivity contribution in [1.82, 2.24) is 0 Å². The van der Waals surface area contributed by atoms with E-state index < -0.39 is 6.10 Å². The lowest BCUT2D eigenvalue weighted by Gasteiger charge is -2.28. The van der Waals surface area contributed by atoms with E-state index in [4.69, 9.17) is 4.74 Å². The summed E-state index contributed by atoms with van der Waals surface area (Å²) in [4.78, 5) is 13.6. The topological polar surface area (TPSA) is 58.6 Å². The van der Waals surface area contributed by atoms with Crippen LogP contribution in [0.4, 0.5) is 5.69 Å². The van der Waals surface area contributed by atoms with E-state index in [1.165, 1.54) is 5.56 Å². The minimum atomic E-state index is -0.564. The van der Waals surface area contributed by atoms with Crippen molar-refractivity contribution in [3.8, 4) is 11.5 Å². The molecule has 0 aromatic heterocycles. The van der Waals surface area contributed by atoms with Crippen LogP contribution in [0.1, 0.15) is 92.7 Å². The zero-order chi connectivity index (χ0) is 28.8. The van der Waals surface area contributed by atoms with Crippen molar-refractivity contribution in [2.75, 3.05) is 5.32 Å². The highest BCUT2D eigenvalue weighted by Crippen LogP contribution is 2.45. The zero-order valence-electron chi connectivity index (χ0n) is 24.4. The average molecular weight is 548 g/mol. The first kappa shape index (κ1) is 28.6. The van der Waals surface area contributed by atoms with Gasteiger partial charge in [-0.15, -0.1) is 0 Å². The lowest BCUT2D eigenvalue weighted by Crippen LogP contribution is -2.22. The number of carbonyl (C=O) groups is 1. The second-order valence-corrected chi connectivity index (χ2v) is 12.1. The number of aliphatic hydroxyl groups excluding tert-OH is 1. The maximum Gasteiger partial charge on any atom is 0.225 e. The fourth-order valence-electron chi connectivity index (χ4n) is 5.80. The Balaban J connectivity index is 1.27. The summed E-state index contributed by atoms with van der Waals surface area (Å²) >= 11 is 0. The molecule has 0 radical (unpaired) electrons. The predicted octanol–water partition coefficient (Wildman–Crippen LogP) is 9.09. The van der Waals surface area contributed by atoms with Gasteiger partial charge in [0.15, 0.2) is 0 Å². The van der Waals surface area contributed by atoms with Gasteiger partial charge in [0.25, 0.3) is 0 Å². The number of ether oxygens (including phenoxy) is 1. The van der Waals surface area contributed by atoms with Gasteiger partial charge in [-0.2, -0.15) is 0 Å². The van der Waals surface area contributed by atoms with E-state index in [0.29, 0.717) is 12.8 Å². The number of carbonyl (C=O) groups excluding carboxylic acids is 1. The number of aliphatic hydroxyl groups is 1. The molecule has 5 rings (SSSR count). The number of aryl methyl sites for hydroxylation is 1. The number of anilines is 1. The summed E-state index contributed by atoms with van der Waals surface area (Å²) in [5.74, 6) is 1.44. The van der Waals surface area contributed by atoms with Crippen molar-refractivity contribution in [3.05, 3.63) is 125 Å². The number of para-hydroxylation sites is 2. The van der Waals surface area contributed by atoms with Crippen LogP contribution in [0.25, 0.3) is 0 Å². The molecule has 0 bridgehead atoms. The molecule has 0 fully saturated rings. The van der Waals surface area contributed by atoms with Gasteiger partial charge in [-0.3, -0.25) is 4.79 Å². The molecule has 4 nitrogen and oxygen atoms in total. The molecule has 4 aromatic rings. The smallest absolute Gasteiger partial charge is 0.225 e.